The number of hydrogen-bond acceptors (Lipinski definition) is 2. The van der Waals surface area contributed by atoms with Crippen LogP contribution in [0.5, 0.6) is 0 Å². The molecule has 0 spiro atoms. The molecule has 0 aliphatic carbocycles. The predicted molar refractivity (Wildman–Crippen MR) is 94.0 cm³/mol. The van der Waals surface area contributed by atoms with Crippen molar-refractivity contribution in [1.82, 2.24) is 5.32 Å². The van der Waals surface area contributed by atoms with Gasteiger partial charge in [0.1, 0.15) is 0 Å². The van der Waals surface area contributed by atoms with Gasteiger partial charge in [0.15, 0.2) is 0 Å². The Hall–Kier alpha value is -1.25. The Labute approximate surface area is 133 Å². The normalized spacial score (nSPS) is 12.3. The molecule has 0 amide bonds. The van der Waals surface area contributed by atoms with Crippen LogP contribution in [0.1, 0.15) is 37.4 Å². The van der Waals surface area contributed by atoms with Gasteiger partial charge in [-0.05, 0) is 49.6 Å². The molecule has 2 rings (SSSR count). The van der Waals surface area contributed by atoms with E-state index in [1.165, 1.54) is 22.4 Å². The molecule has 0 aromatic heterocycles. The first-order valence-electron chi connectivity index (χ1n) is 7.79. The molecule has 0 saturated heterocycles. The fraction of sp³-hybridized carbons (Fsp3) is 0.368. The molecule has 0 bridgehead atoms. The van der Waals surface area contributed by atoms with Gasteiger partial charge >= 0.3 is 0 Å². The van der Waals surface area contributed by atoms with Crippen LogP contribution in [0.25, 0.3) is 0 Å². The van der Waals surface area contributed by atoms with Crippen molar-refractivity contribution in [2.45, 2.75) is 37.6 Å². The van der Waals surface area contributed by atoms with Crippen molar-refractivity contribution in [1.29, 1.82) is 0 Å². The molecule has 21 heavy (non-hydrogen) atoms. The zero-order valence-electron chi connectivity index (χ0n) is 13.0. The maximum Gasteiger partial charge on any atom is 0.0292 e. The minimum absolute atomic E-state index is 0.430. The molecule has 0 fully saturated rings. The standard InChI is InChI=1S/C19H25NS/c1-3-13-20-16(2)18-10-7-11-19(15-18)21-14-12-17-8-5-4-6-9-17/h4-11,15-16,20H,3,12-14H2,1-2H3. The Kier molecular flexibility index (Phi) is 6.84. The molecule has 2 aromatic rings. The highest BCUT2D eigenvalue weighted by Gasteiger charge is 2.05. The molecule has 2 heteroatoms. The van der Waals surface area contributed by atoms with Crippen molar-refractivity contribution < 1.29 is 0 Å². The van der Waals surface area contributed by atoms with Gasteiger partial charge in [-0.2, -0.15) is 0 Å². The maximum absolute atomic E-state index is 3.55. The van der Waals surface area contributed by atoms with Gasteiger partial charge in [0.25, 0.3) is 0 Å². The summed E-state index contributed by atoms with van der Waals surface area (Å²) >= 11 is 1.94. The molecule has 1 N–H and O–H groups in total. The van der Waals surface area contributed by atoms with Crippen LogP contribution in [0.4, 0.5) is 0 Å². The van der Waals surface area contributed by atoms with Gasteiger partial charge in [-0.25, -0.2) is 0 Å². The topological polar surface area (TPSA) is 12.0 Å². The van der Waals surface area contributed by atoms with Crippen LogP contribution in [0.3, 0.4) is 0 Å². The van der Waals surface area contributed by atoms with Crippen LogP contribution in [0.15, 0.2) is 59.5 Å². The van der Waals surface area contributed by atoms with Crippen molar-refractivity contribution in [3.8, 4) is 0 Å². The molecule has 1 atom stereocenters. The van der Waals surface area contributed by atoms with Gasteiger partial charge in [0.05, 0.1) is 0 Å². The lowest BCUT2D eigenvalue weighted by Crippen LogP contribution is -2.19. The van der Waals surface area contributed by atoms with E-state index in [1.807, 2.05) is 11.8 Å². The zero-order valence-corrected chi connectivity index (χ0v) is 13.8. The van der Waals surface area contributed by atoms with E-state index in [1.54, 1.807) is 0 Å². The first-order chi connectivity index (χ1) is 10.3. The molecular weight excluding hydrogens is 274 g/mol. The molecule has 0 aliphatic rings. The first-order valence-corrected chi connectivity index (χ1v) is 8.78. The largest absolute Gasteiger partial charge is 0.310 e. The average molecular weight is 299 g/mol. The van der Waals surface area contributed by atoms with E-state index in [9.17, 15) is 0 Å². The highest BCUT2D eigenvalue weighted by molar-refractivity contribution is 7.99. The Balaban J connectivity index is 1.86. The smallest absolute Gasteiger partial charge is 0.0292 e. The minimum Gasteiger partial charge on any atom is -0.310 e. The number of thioether (sulfide) groups is 1. The summed E-state index contributed by atoms with van der Waals surface area (Å²) in [4.78, 5) is 1.37. The summed E-state index contributed by atoms with van der Waals surface area (Å²) in [5.74, 6) is 1.13. The van der Waals surface area contributed by atoms with E-state index >= 15 is 0 Å². The second-order valence-corrected chi connectivity index (χ2v) is 6.50. The molecule has 2 aromatic carbocycles. The summed E-state index contributed by atoms with van der Waals surface area (Å²) < 4.78 is 0. The van der Waals surface area contributed by atoms with E-state index in [0.717, 1.165) is 18.7 Å². The Morgan fingerprint density at radius 1 is 1.05 bits per heavy atom. The van der Waals surface area contributed by atoms with Gasteiger partial charge in [0.2, 0.25) is 0 Å². The molecule has 0 radical (unpaired) electrons. The van der Waals surface area contributed by atoms with Crippen molar-refractivity contribution in [2.24, 2.45) is 0 Å². The SMILES string of the molecule is CCCNC(C)c1cccc(SCCc2ccccc2)c1. The fourth-order valence-electron chi connectivity index (χ4n) is 2.28. The molecule has 112 valence electrons. The highest BCUT2D eigenvalue weighted by Crippen LogP contribution is 2.23. The third-order valence-corrected chi connectivity index (χ3v) is 4.56. The van der Waals surface area contributed by atoms with E-state index in [2.05, 4.69) is 73.8 Å². The van der Waals surface area contributed by atoms with Crippen molar-refractivity contribution in [3.63, 3.8) is 0 Å². The summed E-state index contributed by atoms with van der Waals surface area (Å²) in [6.45, 7) is 5.52. The summed E-state index contributed by atoms with van der Waals surface area (Å²) in [5.41, 5.74) is 2.80. The van der Waals surface area contributed by atoms with Gasteiger partial charge in [-0.1, -0.05) is 49.4 Å². The molecular formula is C19H25NS. The van der Waals surface area contributed by atoms with Crippen LogP contribution >= 0.6 is 11.8 Å². The van der Waals surface area contributed by atoms with Crippen LogP contribution in [0.2, 0.25) is 0 Å². The number of rotatable bonds is 8. The molecule has 0 heterocycles. The van der Waals surface area contributed by atoms with Crippen LogP contribution in [-0.4, -0.2) is 12.3 Å². The number of benzene rings is 2. The number of nitrogens with one attached hydrogen (secondary N) is 1. The maximum atomic E-state index is 3.55. The summed E-state index contributed by atoms with van der Waals surface area (Å²) in [6.07, 6.45) is 2.30. The number of hydrogen-bond donors (Lipinski definition) is 1. The monoisotopic (exact) mass is 299 g/mol. The van der Waals surface area contributed by atoms with E-state index in [0.29, 0.717) is 6.04 Å². The zero-order chi connectivity index (χ0) is 14.9. The lowest BCUT2D eigenvalue weighted by atomic mass is 10.1. The van der Waals surface area contributed by atoms with Crippen LogP contribution < -0.4 is 5.32 Å². The Morgan fingerprint density at radius 3 is 2.62 bits per heavy atom. The van der Waals surface area contributed by atoms with Crippen molar-refractivity contribution in [2.75, 3.05) is 12.3 Å². The summed E-state index contributed by atoms with van der Waals surface area (Å²) in [6, 6.07) is 20.1. The molecule has 1 nitrogen and oxygen atoms in total. The van der Waals surface area contributed by atoms with Gasteiger partial charge in [0, 0.05) is 16.7 Å². The third kappa shape index (κ3) is 5.56. The van der Waals surface area contributed by atoms with Crippen LogP contribution in [0, 0.1) is 0 Å². The second-order valence-electron chi connectivity index (χ2n) is 5.33. The van der Waals surface area contributed by atoms with E-state index in [4.69, 9.17) is 0 Å². The molecule has 0 aliphatic heterocycles. The Bertz CT molecular complexity index is 524. The lowest BCUT2D eigenvalue weighted by Gasteiger charge is -2.14. The predicted octanol–water partition coefficient (Wildman–Crippen LogP) is 5.08. The molecule has 0 saturated carbocycles. The summed E-state index contributed by atoms with van der Waals surface area (Å²) in [7, 11) is 0. The number of aryl methyl sites for hydroxylation is 1. The fourth-order valence-corrected chi connectivity index (χ4v) is 3.25. The average Bonchev–Trinajstić information content (AvgIpc) is 2.54. The van der Waals surface area contributed by atoms with Gasteiger partial charge in [-0.3, -0.25) is 0 Å². The third-order valence-electron chi connectivity index (χ3n) is 3.56. The van der Waals surface area contributed by atoms with Crippen LogP contribution in [-0.2, 0) is 6.42 Å². The van der Waals surface area contributed by atoms with Gasteiger partial charge < -0.3 is 5.32 Å². The van der Waals surface area contributed by atoms with Gasteiger partial charge in [-0.15, -0.1) is 11.8 Å². The van der Waals surface area contributed by atoms with Crippen molar-refractivity contribution in [3.05, 3.63) is 65.7 Å². The molecule has 1 unspecified atom stereocenters. The van der Waals surface area contributed by atoms with E-state index < -0.39 is 0 Å². The minimum atomic E-state index is 0.430. The van der Waals surface area contributed by atoms with Crippen molar-refractivity contribution >= 4 is 11.8 Å². The lowest BCUT2D eigenvalue weighted by molar-refractivity contribution is 0.570. The first kappa shape index (κ1) is 16.1. The second kappa shape index (κ2) is 8.91. The Morgan fingerprint density at radius 2 is 1.86 bits per heavy atom. The van der Waals surface area contributed by atoms with E-state index in [-0.39, 0.29) is 0 Å². The quantitative estimate of drug-likeness (QED) is 0.682. The highest BCUT2D eigenvalue weighted by atomic mass is 32.2. The summed E-state index contributed by atoms with van der Waals surface area (Å²) in [5, 5.41) is 3.55.